The standard InChI is InChI=1S/C8H10OS/c1-3-4-8-7(9)5-6(2)10-8/h3-5,9H,1-2H3. The molecular weight excluding hydrogens is 144 g/mol. The van der Waals surface area contributed by atoms with Crippen molar-refractivity contribution in [2.75, 3.05) is 0 Å². The number of aryl methyl sites for hydroxylation is 1. The van der Waals surface area contributed by atoms with Gasteiger partial charge < -0.3 is 5.11 Å². The molecule has 54 valence electrons. The highest BCUT2D eigenvalue weighted by atomic mass is 32.1. The molecule has 0 unspecified atom stereocenters. The van der Waals surface area contributed by atoms with Gasteiger partial charge in [0, 0.05) is 4.88 Å². The number of rotatable bonds is 1. The van der Waals surface area contributed by atoms with Crippen molar-refractivity contribution in [2.24, 2.45) is 0 Å². The second-order valence-electron chi connectivity index (χ2n) is 2.11. The molecule has 0 saturated heterocycles. The molecule has 0 aliphatic carbocycles. The van der Waals surface area contributed by atoms with Gasteiger partial charge in [0.25, 0.3) is 0 Å². The van der Waals surface area contributed by atoms with Crippen LogP contribution in [0.15, 0.2) is 12.1 Å². The summed E-state index contributed by atoms with van der Waals surface area (Å²) in [5, 5.41) is 9.22. The maximum atomic E-state index is 9.22. The lowest BCUT2D eigenvalue weighted by Crippen LogP contribution is -1.58. The maximum Gasteiger partial charge on any atom is 0.133 e. The van der Waals surface area contributed by atoms with Gasteiger partial charge >= 0.3 is 0 Å². The Morgan fingerprint density at radius 2 is 2.30 bits per heavy atom. The summed E-state index contributed by atoms with van der Waals surface area (Å²) in [6.45, 7) is 3.92. The fourth-order valence-corrected chi connectivity index (χ4v) is 1.67. The van der Waals surface area contributed by atoms with Gasteiger partial charge in [-0.1, -0.05) is 6.08 Å². The molecule has 10 heavy (non-hydrogen) atoms. The molecule has 0 aromatic carbocycles. The smallest absolute Gasteiger partial charge is 0.133 e. The third-order valence-corrected chi connectivity index (χ3v) is 2.19. The van der Waals surface area contributed by atoms with Crippen molar-refractivity contribution in [1.82, 2.24) is 0 Å². The average molecular weight is 154 g/mol. The lowest BCUT2D eigenvalue weighted by molar-refractivity contribution is 0.476. The van der Waals surface area contributed by atoms with Gasteiger partial charge in [-0.25, -0.2) is 0 Å². The number of hydrogen-bond acceptors (Lipinski definition) is 2. The van der Waals surface area contributed by atoms with Gasteiger partial charge in [-0.05, 0) is 26.0 Å². The van der Waals surface area contributed by atoms with Crippen LogP contribution in [0.1, 0.15) is 16.7 Å². The minimum absolute atomic E-state index is 0.389. The van der Waals surface area contributed by atoms with E-state index in [1.54, 1.807) is 17.4 Å². The Morgan fingerprint density at radius 1 is 1.60 bits per heavy atom. The summed E-state index contributed by atoms with van der Waals surface area (Å²) in [4.78, 5) is 2.09. The second-order valence-corrected chi connectivity index (χ2v) is 3.39. The minimum atomic E-state index is 0.389. The van der Waals surface area contributed by atoms with Crippen LogP contribution >= 0.6 is 11.3 Å². The Kier molecular flexibility index (Phi) is 2.12. The number of thiophene rings is 1. The summed E-state index contributed by atoms with van der Waals surface area (Å²) in [5.74, 6) is 0.389. The van der Waals surface area contributed by atoms with Crippen LogP contribution < -0.4 is 0 Å². The number of hydrogen-bond donors (Lipinski definition) is 1. The van der Waals surface area contributed by atoms with E-state index in [2.05, 4.69) is 0 Å². The zero-order chi connectivity index (χ0) is 7.56. The van der Waals surface area contributed by atoms with Crippen LogP contribution in [-0.4, -0.2) is 5.11 Å². The first-order valence-corrected chi connectivity index (χ1v) is 3.98. The van der Waals surface area contributed by atoms with E-state index in [1.807, 2.05) is 26.0 Å². The van der Waals surface area contributed by atoms with E-state index in [0.29, 0.717) is 5.75 Å². The lowest BCUT2D eigenvalue weighted by atomic mass is 10.4. The molecule has 0 aliphatic rings. The predicted molar refractivity (Wildman–Crippen MR) is 45.4 cm³/mol. The quantitative estimate of drug-likeness (QED) is 0.659. The van der Waals surface area contributed by atoms with Gasteiger partial charge in [-0.2, -0.15) is 0 Å². The molecule has 1 aromatic heterocycles. The lowest BCUT2D eigenvalue weighted by Gasteiger charge is -1.84. The molecular formula is C8H10OS. The van der Waals surface area contributed by atoms with Crippen molar-refractivity contribution < 1.29 is 5.11 Å². The zero-order valence-electron chi connectivity index (χ0n) is 6.09. The highest BCUT2D eigenvalue weighted by molar-refractivity contribution is 7.13. The topological polar surface area (TPSA) is 20.2 Å². The Labute approximate surface area is 64.6 Å². The molecule has 1 nitrogen and oxygen atoms in total. The summed E-state index contributed by atoms with van der Waals surface area (Å²) in [5.41, 5.74) is 0. The molecule has 2 heteroatoms. The molecule has 0 fully saturated rings. The molecule has 0 aliphatic heterocycles. The molecule has 0 atom stereocenters. The van der Waals surface area contributed by atoms with E-state index >= 15 is 0 Å². The predicted octanol–water partition coefficient (Wildman–Crippen LogP) is 2.80. The summed E-state index contributed by atoms with van der Waals surface area (Å²) < 4.78 is 0. The highest BCUT2D eigenvalue weighted by Crippen LogP contribution is 2.28. The van der Waals surface area contributed by atoms with Gasteiger partial charge in [0.1, 0.15) is 5.75 Å². The highest BCUT2D eigenvalue weighted by Gasteiger charge is 1.99. The monoisotopic (exact) mass is 154 g/mol. The van der Waals surface area contributed by atoms with E-state index in [-0.39, 0.29) is 0 Å². The zero-order valence-corrected chi connectivity index (χ0v) is 6.90. The van der Waals surface area contributed by atoms with Crippen molar-refractivity contribution in [1.29, 1.82) is 0 Å². The normalized spacial score (nSPS) is 11.0. The van der Waals surface area contributed by atoms with E-state index in [0.717, 1.165) is 9.75 Å². The minimum Gasteiger partial charge on any atom is -0.506 e. The summed E-state index contributed by atoms with van der Waals surface area (Å²) in [6.07, 6.45) is 3.83. The molecule has 0 amide bonds. The van der Waals surface area contributed by atoms with E-state index < -0.39 is 0 Å². The molecule has 1 heterocycles. The fourth-order valence-electron chi connectivity index (χ4n) is 0.790. The third kappa shape index (κ3) is 1.39. The van der Waals surface area contributed by atoms with Crippen LogP contribution in [0, 0.1) is 6.92 Å². The SMILES string of the molecule is CC=Cc1sc(C)cc1O. The van der Waals surface area contributed by atoms with Gasteiger partial charge in [0.2, 0.25) is 0 Å². The molecule has 1 aromatic rings. The van der Waals surface area contributed by atoms with Crippen LogP contribution in [0.25, 0.3) is 6.08 Å². The molecule has 1 N–H and O–H groups in total. The Morgan fingerprint density at radius 3 is 2.70 bits per heavy atom. The van der Waals surface area contributed by atoms with Crippen molar-refractivity contribution in [3.63, 3.8) is 0 Å². The van der Waals surface area contributed by atoms with Gasteiger partial charge in [-0.15, -0.1) is 11.3 Å². The van der Waals surface area contributed by atoms with E-state index in [1.165, 1.54) is 0 Å². The average Bonchev–Trinajstić information content (AvgIpc) is 2.13. The molecule has 1 rings (SSSR count). The summed E-state index contributed by atoms with van der Waals surface area (Å²) in [6, 6.07) is 1.78. The van der Waals surface area contributed by atoms with Gasteiger partial charge in [0.05, 0.1) is 4.88 Å². The van der Waals surface area contributed by atoms with Crippen LogP contribution in [0.2, 0.25) is 0 Å². The molecule has 0 spiro atoms. The summed E-state index contributed by atoms with van der Waals surface area (Å²) in [7, 11) is 0. The molecule has 0 saturated carbocycles. The maximum absolute atomic E-state index is 9.22. The van der Waals surface area contributed by atoms with Crippen LogP contribution in [0.5, 0.6) is 5.75 Å². The van der Waals surface area contributed by atoms with Crippen molar-refractivity contribution in [2.45, 2.75) is 13.8 Å². The third-order valence-electron chi connectivity index (χ3n) is 1.18. The fraction of sp³-hybridized carbons (Fsp3) is 0.250. The number of allylic oxidation sites excluding steroid dienone is 1. The van der Waals surface area contributed by atoms with Gasteiger partial charge in [-0.3, -0.25) is 0 Å². The van der Waals surface area contributed by atoms with E-state index in [9.17, 15) is 5.11 Å². The largest absolute Gasteiger partial charge is 0.506 e. The van der Waals surface area contributed by atoms with Crippen LogP contribution in [0.3, 0.4) is 0 Å². The summed E-state index contributed by atoms with van der Waals surface area (Å²) >= 11 is 1.60. The second kappa shape index (κ2) is 2.88. The van der Waals surface area contributed by atoms with Crippen molar-refractivity contribution in [3.05, 3.63) is 21.9 Å². The number of aromatic hydroxyl groups is 1. The first-order chi connectivity index (χ1) is 4.74. The Balaban J connectivity index is 3.03. The first kappa shape index (κ1) is 7.35. The van der Waals surface area contributed by atoms with Crippen LogP contribution in [-0.2, 0) is 0 Å². The first-order valence-electron chi connectivity index (χ1n) is 3.16. The van der Waals surface area contributed by atoms with Crippen LogP contribution in [0.4, 0.5) is 0 Å². The van der Waals surface area contributed by atoms with E-state index in [4.69, 9.17) is 0 Å². The van der Waals surface area contributed by atoms with Crippen molar-refractivity contribution >= 4 is 17.4 Å². The van der Waals surface area contributed by atoms with Crippen molar-refractivity contribution in [3.8, 4) is 5.75 Å². The molecule has 0 radical (unpaired) electrons. The Hall–Kier alpha value is -0.760. The molecule has 0 bridgehead atoms. The Bertz CT molecular complexity index is 248. The van der Waals surface area contributed by atoms with Gasteiger partial charge in [0.15, 0.2) is 0 Å².